The van der Waals surface area contributed by atoms with E-state index in [2.05, 4.69) is 15.4 Å². The van der Waals surface area contributed by atoms with Gasteiger partial charge < -0.3 is 19.9 Å². The summed E-state index contributed by atoms with van der Waals surface area (Å²) in [4.78, 5) is 4.35. The van der Waals surface area contributed by atoms with Crippen molar-refractivity contribution in [2.45, 2.75) is 45.6 Å². The molecule has 0 saturated heterocycles. The molecule has 1 atom stereocenters. The van der Waals surface area contributed by atoms with Gasteiger partial charge in [-0.15, -0.1) is 5.10 Å². The number of alkyl halides is 3. The fourth-order valence-corrected chi connectivity index (χ4v) is 3.02. The molecular formula is C24H29F3N4O3. The average molecular weight is 479 g/mol. The van der Waals surface area contributed by atoms with Crippen molar-refractivity contribution in [1.29, 1.82) is 0 Å². The van der Waals surface area contributed by atoms with Crippen LogP contribution in [-0.2, 0) is 10.9 Å². The summed E-state index contributed by atoms with van der Waals surface area (Å²) < 4.78 is 51.3. The third-order valence-electron chi connectivity index (χ3n) is 4.69. The minimum absolute atomic E-state index is 0.126. The molecule has 34 heavy (non-hydrogen) atoms. The van der Waals surface area contributed by atoms with Crippen molar-refractivity contribution in [1.82, 2.24) is 14.8 Å². The van der Waals surface area contributed by atoms with Crippen molar-refractivity contribution in [3.05, 3.63) is 54.1 Å². The van der Waals surface area contributed by atoms with Crippen LogP contribution in [0.15, 0.2) is 48.5 Å². The Kier molecular flexibility index (Phi) is 7.83. The molecule has 7 nitrogen and oxygen atoms in total. The lowest BCUT2D eigenvalue weighted by atomic mass is 10.1. The van der Waals surface area contributed by atoms with Crippen LogP contribution in [0.5, 0.6) is 6.01 Å². The number of aromatic nitrogens is 3. The molecule has 0 aliphatic heterocycles. The van der Waals surface area contributed by atoms with Gasteiger partial charge in [-0.05, 0) is 64.1 Å². The van der Waals surface area contributed by atoms with Crippen LogP contribution in [0.2, 0.25) is 0 Å². The zero-order valence-electron chi connectivity index (χ0n) is 19.6. The maximum Gasteiger partial charge on any atom is 0.416 e. The summed E-state index contributed by atoms with van der Waals surface area (Å²) in [6, 6.07) is 12.1. The molecule has 0 aliphatic rings. The molecule has 184 valence electrons. The van der Waals surface area contributed by atoms with Crippen molar-refractivity contribution in [2.24, 2.45) is 0 Å². The number of anilines is 1. The van der Waals surface area contributed by atoms with E-state index in [9.17, 15) is 18.3 Å². The summed E-state index contributed by atoms with van der Waals surface area (Å²) in [5.41, 5.74) is 0.828. The van der Waals surface area contributed by atoms with Gasteiger partial charge in [0, 0.05) is 17.8 Å². The SMILES string of the molecule is CCOc1nc(-c2ccc(C(F)(F)F)cc2)n(-c2ccc(NC[C@H](O)COC(C)(C)C)cc2)n1. The Balaban J connectivity index is 1.77. The highest BCUT2D eigenvalue weighted by Gasteiger charge is 2.30. The normalized spacial score (nSPS) is 13.1. The van der Waals surface area contributed by atoms with E-state index < -0.39 is 17.8 Å². The van der Waals surface area contributed by atoms with Gasteiger partial charge >= 0.3 is 12.2 Å². The van der Waals surface area contributed by atoms with Gasteiger partial charge in [0.25, 0.3) is 0 Å². The summed E-state index contributed by atoms with van der Waals surface area (Å²) in [7, 11) is 0. The Labute approximate surface area is 196 Å². The minimum Gasteiger partial charge on any atom is -0.463 e. The third-order valence-corrected chi connectivity index (χ3v) is 4.69. The molecule has 0 unspecified atom stereocenters. The smallest absolute Gasteiger partial charge is 0.416 e. The molecule has 3 aromatic rings. The molecule has 2 N–H and O–H groups in total. The first-order chi connectivity index (χ1) is 16.0. The molecule has 10 heteroatoms. The second kappa shape index (κ2) is 10.4. The number of benzene rings is 2. The van der Waals surface area contributed by atoms with Gasteiger partial charge in [0.2, 0.25) is 0 Å². The van der Waals surface area contributed by atoms with Gasteiger partial charge in [-0.3, -0.25) is 0 Å². The van der Waals surface area contributed by atoms with E-state index in [1.807, 2.05) is 32.9 Å². The predicted molar refractivity (Wildman–Crippen MR) is 123 cm³/mol. The molecule has 3 rings (SSSR count). The predicted octanol–water partition coefficient (Wildman–Crippen LogP) is 4.94. The zero-order chi connectivity index (χ0) is 24.9. The van der Waals surface area contributed by atoms with Crippen LogP contribution in [0.3, 0.4) is 0 Å². The highest BCUT2D eigenvalue weighted by Crippen LogP contribution is 2.31. The van der Waals surface area contributed by atoms with Gasteiger partial charge in [-0.2, -0.15) is 18.2 Å². The van der Waals surface area contributed by atoms with Crippen LogP contribution in [0, 0.1) is 0 Å². The van der Waals surface area contributed by atoms with E-state index in [4.69, 9.17) is 9.47 Å². The lowest BCUT2D eigenvalue weighted by molar-refractivity contribution is -0.137. The maximum atomic E-state index is 12.9. The average Bonchev–Trinajstić information content (AvgIpc) is 3.20. The molecular weight excluding hydrogens is 449 g/mol. The highest BCUT2D eigenvalue weighted by molar-refractivity contribution is 5.60. The summed E-state index contributed by atoms with van der Waals surface area (Å²) in [6.07, 6.45) is -5.09. The molecule has 0 aliphatic carbocycles. The number of rotatable bonds is 9. The molecule has 0 saturated carbocycles. The van der Waals surface area contributed by atoms with Gasteiger partial charge in [-0.25, -0.2) is 4.68 Å². The molecule has 0 bridgehead atoms. The summed E-state index contributed by atoms with van der Waals surface area (Å²) in [5, 5.41) is 17.6. The highest BCUT2D eigenvalue weighted by atomic mass is 19.4. The Morgan fingerprint density at radius 3 is 2.24 bits per heavy atom. The van der Waals surface area contributed by atoms with Crippen molar-refractivity contribution >= 4 is 5.69 Å². The van der Waals surface area contributed by atoms with Crippen LogP contribution in [-0.4, -0.2) is 51.3 Å². The van der Waals surface area contributed by atoms with E-state index >= 15 is 0 Å². The number of aliphatic hydroxyl groups is 1. The first-order valence-electron chi connectivity index (χ1n) is 10.9. The number of aliphatic hydroxyl groups excluding tert-OH is 1. The summed E-state index contributed by atoms with van der Waals surface area (Å²) in [6.45, 7) is 8.43. The number of halogens is 3. The van der Waals surface area contributed by atoms with Crippen molar-refractivity contribution < 1.29 is 27.8 Å². The number of ether oxygens (including phenoxy) is 2. The van der Waals surface area contributed by atoms with Crippen LogP contribution in [0.1, 0.15) is 33.3 Å². The van der Waals surface area contributed by atoms with Crippen molar-refractivity contribution in [2.75, 3.05) is 25.1 Å². The fourth-order valence-electron chi connectivity index (χ4n) is 3.02. The van der Waals surface area contributed by atoms with Gasteiger partial charge in [-0.1, -0.05) is 12.1 Å². The second-order valence-electron chi connectivity index (χ2n) is 8.64. The van der Waals surface area contributed by atoms with E-state index in [-0.39, 0.29) is 18.2 Å². The zero-order valence-corrected chi connectivity index (χ0v) is 19.6. The lowest BCUT2D eigenvalue weighted by Crippen LogP contribution is -2.30. The molecule has 1 aromatic heterocycles. The minimum atomic E-state index is -4.42. The monoisotopic (exact) mass is 478 g/mol. The first-order valence-corrected chi connectivity index (χ1v) is 10.9. The van der Waals surface area contributed by atoms with Crippen LogP contribution in [0.4, 0.5) is 18.9 Å². The van der Waals surface area contributed by atoms with Crippen molar-refractivity contribution in [3.63, 3.8) is 0 Å². The Hall–Kier alpha value is -3.11. The van der Waals surface area contributed by atoms with E-state index in [1.54, 1.807) is 19.1 Å². The number of nitrogens with one attached hydrogen (secondary N) is 1. The van der Waals surface area contributed by atoms with Crippen LogP contribution in [0.25, 0.3) is 17.1 Å². The quantitative estimate of drug-likeness (QED) is 0.454. The lowest BCUT2D eigenvalue weighted by Gasteiger charge is -2.22. The van der Waals surface area contributed by atoms with Gasteiger partial charge in [0.1, 0.15) is 0 Å². The summed E-state index contributed by atoms with van der Waals surface area (Å²) in [5.74, 6) is 0.354. The Bertz CT molecular complexity index is 1060. The standard InChI is InChI=1S/C24H29F3N4O3/c1-5-33-22-29-21(16-6-8-17(9-7-16)24(25,26)27)31(30-22)19-12-10-18(11-13-19)28-14-20(32)15-34-23(2,3)4/h6-13,20,28,32H,5,14-15H2,1-4H3/t20-/m0/s1. The van der Waals surface area contributed by atoms with Gasteiger partial charge in [0.15, 0.2) is 5.82 Å². The second-order valence-corrected chi connectivity index (χ2v) is 8.64. The molecule has 0 radical (unpaired) electrons. The molecule has 0 spiro atoms. The molecule has 0 fully saturated rings. The van der Waals surface area contributed by atoms with Crippen molar-refractivity contribution in [3.8, 4) is 23.1 Å². The van der Waals surface area contributed by atoms with Gasteiger partial charge in [0.05, 0.1) is 36.2 Å². The van der Waals surface area contributed by atoms with Crippen LogP contribution >= 0.6 is 0 Å². The number of hydrogen-bond acceptors (Lipinski definition) is 6. The Morgan fingerprint density at radius 1 is 1.03 bits per heavy atom. The first kappa shape index (κ1) is 25.5. The topological polar surface area (TPSA) is 81.4 Å². The number of hydrogen-bond donors (Lipinski definition) is 2. The van der Waals surface area contributed by atoms with E-state index in [1.165, 1.54) is 16.8 Å². The fraction of sp³-hybridized carbons (Fsp3) is 0.417. The molecule has 2 aromatic carbocycles. The maximum absolute atomic E-state index is 12.9. The molecule has 1 heterocycles. The molecule has 0 amide bonds. The van der Waals surface area contributed by atoms with Crippen LogP contribution < -0.4 is 10.1 Å². The third kappa shape index (κ3) is 6.94. The number of nitrogens with zero attached hydrogens (tertiary/aromatic N) is 3. The van der Waals surface area contributed by atoms with E-state index in [0.29, 0.717) is 30.2 Å². The Morgan fingerprint density at radius 2 is 1.68 bits per heavy atom. The van der Waals surface area contributed by atoms with E-state index in [0.717, 1.165) is 17.8 Å². The summed E-state index contributed by atoms with van der Waals surface area (Å²) >= 11 is 0. The largest absolute Gasteiger partial charge is 0.463 e.